The van der Waals surface area contributed by atoms with E-state index in [-0.39, 0.29) is 17.9 Å². The van der Waals surface area contributed by atoms with Crippen LogP contribution in [0.25, 0.3) is 0 Å². The molecule has 0 radical (unpaired) electrons. The number of carbonyl (C=O) groups is 1. The Morgan fingerprint density at radius 2 is 1.91 bits per heavy atom. The van der Waals surface area contributed by atoms with E-state index in [1.54, 1.807) is 18.1 Å². The van der Waals surface area contributed by atoms with Gasteiger partial charge in [0, 0.05) is 31.5 Å². The third kappa shape index (κ3) is 5.44. The minimum atomic E-state index is -4.43. The number of rotatable bonds is 7. The van der Waals surface area contributed by atoms with Crippen molar-refractivity contribution in [3.63, 3.8) is 0 Å². The van der Waals surface area contributed by atoms with Crippen LogP contribution in [0.5, 0.6) is 0 Å². The zero-order valence-electron chi connectivity index (χ0n) is 19.2. The highest BCUT2D eigenvalue weighted by Crippen LogP contribution is 2.41. The van der Waals surface area contributed by atoms with Crippen molar-refractivity contribution in [2.24, 2.45) is 5.92 Å². The molecule has 1 aromatic carbocycles. The number of fused-ring (bicyclic) bond motifs is 1. The second-order valence-electron chi connectivity index (χ2n) is 8.98. The van der Waals surface area contributed by atoms with Crippen LogP contribution < -0.4 is 4.90 Å². The number of nitrogens with zero attached hydrogens (tertiary/aromatic N) is 2. The first-order chi connectivity index (χ1) is 15.2. The number of likely N-dealkylation sites (N-methyl/N-ethyl adjacent to an activating group) is 1. The van der Waals surface area contributed by atoms with Crippen molar-refractivity contribution in [1.29, 1.82) is 0 Å². The van der Waals surface area contributed by atoms with E-state index in [2.05, 4.69) is 6.58 Å². The van der Waals surface area contributed by atoms with Gasteiger partial charge in [-0.3, -0.25) is 4.79 Å². The van der Waals surface area contributed by atoms with Crippen LogP contribution in [0.1, 0.15) is 43.2 Å². The molecule has 176 valence electrons. The number of amides is 1. The van der Waals surface area contributed by atoms with Gasteiger partial charge in [-0.1, -0.05) is 11.6 Å². The van der Waals surface area contributed by atoms with Crippen molar-refractivity contribution in [2.75, 3.05) is 39.2 Å². The smallest absolute Gasteiger partial charge is 0.381 e. The molecule has 0 aromatic heterocycles. The van der Waals surface area contributed by atoms with Crippen LogP contribution in [0.3, 0.4) is 0 Å². The molecule has 0 spiro atoms. The maximum Gasteiger partial charge on any atom is 0.416 e. The number of halogens is 3. The number of alkyl halides is 3. The van der Waals surface area contributed by atoms with Crippen molar-refractivity contribution < 1.29 is 22.7 Å². The predicted molar refractivity (Wildman–Crippen MR) is 121 cm³/mol. The maximum absolute atomic E-state index is 13.7. The van der Waals surface area contributed by atoms with Gasteiger partial charge in [0.05, 0.1) is 11.7 Å². The molecule has 0 saturated heterocycles. The van der Waals surface area contributed by atoms with E-state index in [0.717, 1.165) is 37.3 Å². The number of hydrogen-bond acceptors (Lipinski definition) is 3. The average molecular weight is 451 g/mol. The zero-order valence-corrected chi connectivity index (χ0v) is 19.2. The molecule has 0 atom stereocenters. The first-order valence-corrected chi connectivity index (χ1v) is 11.2. The van der Waals surface area contributed by atoms with Crippen molar-refractivity contribution in [3.05, 3.63) is 53.1 Å². The van der Waals surface area contributed by atoms with Gasteiger partial charge in [0.25, 0.3) is 5.91 Å². The minimum Gasteiger partial charge on any atom is -0.381 e. The van der Waals surface area contributed by atoms with Crippen molar-refractivity contribution in [3.8, 4) is 0 Å². The zero-order chi connectivity index (χ0) is 23.5. The number of carbonyl (C=O) groups excluding carboxylic acids is 1. The number of hydrogen-bond donors (Lipinski definition) is 0. The minimum absolute atomic E-state index is 0.117. The van der Waals surface area contributed by atoms with Gasteiger partial charge in [-0.25, -0.2) is 0 Å². The normalized spacial score (nSPS) is 22.2. The molecule has 0 N–H and O–H groups in total. The van der Waals surface area contributed by atoms with Gasteiger partial charge >= 0.3 is 6.18 Å². The Morgan fingerprint density at radius 1 is 1.22 bits per heavy atom. The standard InChI is InChI=1S/C25H33F3N2O2/c1-5-6-21-22(17-7-10-20(32-4)11-8-17)16-18-15-19(25(26,27)28)9-12-23(18)30(24(21)31)14-13-29(2)3/h5,9,12,15,17,20H,1,6-8,10-11,13-14,16H2,2-4H3/t17-,20+. The van der Waals surface area contributed by atoms with Crippen LogP contribution in [0.2, 0.25) is 0 Å². The summed E-state index contributed by atoms with van der Waals surface area (Å²) in [5.41, 5.74) is 2.12. The quantitative estimate of drug-likeness (QED) is 0.533. The van der Waals surface area contributed by atoms with Gasteiger partial charge in [-0.2, -0.15) is 13.2 Å². The lowest BCUT2D eigenvalue weighted by Crippen LogP contribution is -2.38. The fraction of sp³-hybridized carbons (Fsp3) is 0.560. The summed E-state index contributed by atoms with van der Waals surface area (Å²) < 4.78 is 46.0. The second kappa shape index (κ2) is 10.2. The van der Waals surface area contributed by atoms with E-state index in [1.807, 2.05) is 19.0 Å². The van der Waals surface area contributed by atoms with Gasteiger partial charge in [-0.15, -0.1) is 6.58 Å². The lowest BCUT2D eigenvalue weighted by atomic mass is 9.78. The summed E-state index contributed by atoms with van der Waals surface area (Å²) in [6.07, 6.45) is 1.78. The molecule has 2 aliphatic rings. The number of benzene rings is 1. The van der Waals surface area contributed by atoms with Gasteiger partial charge in [0.1, 0.15) is 0 Å². The van der Waals surface area contributed by atoms with Crippen LogP contribution in [0.4, 0.5) is 18.9 Å². The lowest BCUT2D eigenvalue weighted by Gasteiger charge is -2.30. The molecule has 0 unspecified atom stereocenters. The molecular weight excluding hydrogens is 417 g/mol. The monoisotopic (exact) mass is 450 g/mol. The Bertz CT molecular complexity index is 868. The highest BCUT2D eigenvalue weighted by molar-refractivity contribution is 6.07. The second-order valence-corrected chi connectivity index (χ2v) is 8.98. The van der Waals surface area contributed by atoms with Crippen molar-refractivity contribution in [1.82, 2.24) is 4.90 Å². The van der Waals surface area contributed by atoms with Gasteiger partial charge in [0.15, 0.2) is 0 Å². The number of methoxy groups -OCH3 is 1. The average Bonchev–Trinajstić information content (AvgIpc) is 2.86. The van der Waals surface area contributed by atoms with Crippen LogP contribution in [-0.4, -0.2) is 51.2 Å². The Morgan fingerprint density at radius 3 is 2.47 bits per heavy atom. The van der Waals surface area contributed by atoms with Gasteiger partial charge in [0.2, 0.25) is 0 Å². The molecule has 1 fully saturated rings. The molecular formula is C25H33F3N2O2. The molecule has 7 heteroatoms. The van der Waals surface area contributed by atoms with Crippen LogP contribution in [-0.2, 0) is 22.1 Å². The van der Waals surface area contributed by atoms with Crippen molar-refractivity contribution >= 4 is 11.6 Å². The van der Waals surface area contributed by atoms with Gasteiger partial charge < -0.3 is 14.5 Å². The molecule has 1 aliphatic heterocycles. The summed E-state index contributed by atoms with van der Waals surface area (Å²) in [5, 5.41) is 0. The van der Waals surface area contributed by atoms with E-state index in [9.17, 15) is 18.0 Å². The lowest BCUT2D eigenvalue weighted by molar-refractivity contribution is -0.137. The first kappa shape index (κ1) is 24.5. The molecule has 1 heterocycles. The molecule has 4 nitrogen and oxygen atoms in total. The van der Waals surface area contributed by atoms with Crippen LogP contribution >= 0.6 is 0 Å². The molecule has 3 rings (SSSR count). The largest absolute Gasteiger partial charge is 0.416 e. The molecule has 1 amide bonds. The van der Waals surface area contributed by atoms with Crippen LogP contribution in [0, 0.1) is 5.92 Å². The Hall–Kier alpha value is -2.12. The molecule has 1 saturated carbocycles. The number of allylic oxidation sites excluding steroid dienone is 2. The number of ether oxygens (including phenoxy) is 1. The molecule has 0 bridgehead atoms. The molecule has 32 heavy (non-hydrogen) atoms. The highest BCUT2D eigenvalue weighted by atomic mass is 19.4. The fourth-order valence-electron chi connectivity index (χ4n) is 4.81. The third-order valence-corrected chi connectivity index (χ3v) is 6.59. The topological polar surface area (TPSA) is 32.8 Å². The van der Waals surface area contributed by atoms with E-state index in [4.69, 9.17) is 4.74 Å². The Balaban J connectivity index is 2.09. The van der Waals surface area contributed by atoms with Gasteiger partial charge in [-0.05, 0) is 82.3 Å². The summed E-state index contributed by atoms with van der Waals surface area (Å²) in [6, 6.07) is 3.77. The van der Waals surface area contributed by atoms with E-state index in [0.29, 0.717) is 42.8 Å². The SMILES string of the molecule is C=CCC1=C([C@H]2CC[C@@H](OC)CC2)Cc2cc(C(F)(F)F)ccc2N(CCN(C)C)C1=O. The van der Waals surface area contributed by atoms with E-state index in [1.165, 1.54) is 12.1 Å². The summed E-state index contributed by atoms with van der Waals surface area (Å²) in [6.45, 7) is 4.86. The van der Waals surface area contributed by atoms with Crippen LogP contribution in [0.15, 0.2) is 42.0 Å². The Kier molecular flexibility index (Phi) is 7.83. The summed E-state index contributed by atoms with van der Waals surface area (Å²) in [4.78, 5) is 17.3. The Labute approximate surface area is 188 Å². The van der Waals surface area contributed by atoms with E-state index < -0.39 is 11.7 Å². The molecule has 1 aromatic rings. The summed E-state index contributed by atoms with van der Waals surface area (Å²) in [7, 11) is 5.53. The molecule has 1 aliphatic carbocycles. The number of anilines is 1. The predicted octanol–water partition coefficient (Wildman–Crippen LogP) is 5.23. The maximum atomic E-state index is 13.7. The first-order valence-electron chi connectivity index (χ1n) is 11.2. The fourth-order valence-corrected chi connectivity index (χ4v) is 4.81. The highest BCUT2D eigenvalue weighted by Gasteiger charge is 2.36. The summed E-state index contributed by atoms with van der Waals surface area (Å²) in [5.74, 6) is 0.0469. The third-order valence-electron chi connectivity index (χ3n) is 6.59. The van der Waals surface area contributed by atoms with E-state index >= 15 is 0 Å². The summed E-state index contributed by atoms with van der Waals surface area (Å²) >= 11 is 0. The van der Waals surface area contributed by atoms with Crippen molar-refractivity contribution in [2.45, 2.75) is 50.8 Å².